The Morgan fingerprint density at radius 2 is 2.00 bits per heavy atom. The lowest BCUT2D eigenvalue weighted by molar-refractivity contribution is -0.121. The summed E-state index contributed by atoms with van der Waals surface area (Å²) in [6, 6.07) is 9.44. The van der Waals surface area contributed by atoms with Crippen LogP contribution in [0.3, 0.4) is 0 Å². The van der Waals surface area contributed by atoms with Crippen LogP contribution in [0.1, 0.15) is 60.2 Å². The summed E-state index contributed by atoms with van der Waals surface area (Å²) in [5.41, 5.74) is 0.667. The Morgan fingerprint density at radius 3 is 2.77 bits per heavy atom. The first-order valence-corrected chi connectivity index (χ1v) is 9.18. The van der Waals surface area contributed by atoms with Gasteiger partial charge in [-0.3, -0.25) is 9.59 Å². The predicted octanol–water partition coefficient (Wildman–Crippen LogP) is 2.26. The predicted molar refractivity (Wildman–Crippen MR) is 93.2 cm³/mol. The maximum atomic E-state index is 12.7. The lowest BCUT2D eigenvalue weighted by Gasteiger charge is -2.22. The second kappa shape index (κ2) is 7.27. The SMILES string of the molecule is O=C(CCc1nc(C2CCCN2C(=O)c2ccccc2)no1)NC1CC1. The van der Waals surface area contributed by atoms with E-state index in [1.165, 1.54) is 0 Å². The summed E-state index contributed by atoms with van der Waals surface area (Å²) in [5, 5.41) is 7.01. The fourth-order valence-corrected chi connectivity index (χ4v) is 3.28. The quantitative estimate of drug-likeness (QED) is 0.859. The summed E-state index contributed by atoms with van der Waals surface area (Å²) in [4.78, 5) is 30.8. The summed E-state index contributed by atoms with van der Waals surface area (Å²) < 4.78 is 5.30. The number of hydrogen-bond donors (Lipinski definition) is 1. The zero-order valence-corrected chi connectivity index (χ0v) is 14.6. The molecular weight excluding hydrogens is 332 g/mol. The fraction of sp³-hybridized carbons (Fsp3) is 0.474. The molecule has 26 heavy (non-hydrogen) atoms. The van der Waals surface area contributed by atoms with Crippen LogP contribution in [0.5, 0.6) is 0 Å². The number of rotatable bonds is 6. The fourth-order valence-electron chi connectivity index (χ4n) is 3.28. The maximum absolute atomic E-state index is 12.7. The molecule has 1 N–H and O–H groups in total. The molecule has 1 unspecified atom stereocenters. The number of hydrogen-bond acceptors (Lipinski definition) is 5. The van der Waals surface area contributed by atoms with Crippen molar-refractivity contribution in [3.63, 3.8) is 0 Å². The van der Waals surface area contributed by atoms with Crippen molar-refractivity contribution in [3.05, 3.63) is 47.6 Å². The lowest BCUT2D eigenvalue weighted by Crippen LogP contribution is -2.31. The van der Waals surface area contributed by atoms with Crippen molar-refractivity contribution >= 4 is 11.8 Å². The van der Waals surface area contributed by atoms with Gasteiger partial charge in [0.15, 0.2) is 5.82 Å². The van der Waals surface area contributed by atoms with E-state index in [0.29, 0.717) is 42.7 Å². The van der Waals surface area contributed by atoms with E-state index >= 15 is 0 Å². The van der Waals surface area contributed by atoms with E-state index in [9.17, 15) is 9.59 Å². The Balaban J connectivity index is 1.39. The number of nitrogens with one attached hydrogen (secondary N) is 1. The number of aryl methyl sites for hydroxylation is 1. The van der Waals surface area contributed by atoms with Gasteiger partial charge in [-0.05, 0) is 37.8 Å². The molecule has 0 radical (unpaired) electrons. The van der Waals surface area contributed by atoms with Gasteiger partial charge in [0.1, 0.15) is 0 Å². The van der Waals surface area contributed by atoms with Crippen molar-refractivity contribution in [2.24, 2.45) is 0 Å². The van der Waals surface area contributed by atoms with Crippen molar-refractivity contribution in [1.29, 1.82) is 0 Å². The number of carbonyl (C=O) groups is 2. The average molecular weight is 354 g/mol. The van der Waals surface area contributed by atoms with Crippen LogP contribution in [0, 0.1) is 0 Å². The van der Waals surface area contributed by atoms with Crippen LogP contribution in [0.15, 0.2) is 34.9 Å². The first kappa shape index (κ1) is 16.8. The van der Waals surface area contributed by atoms with Crippen LogP contribution in [0.4, 0.5) is 0 Å². The number of benzene rings is 1. The second-order valence-electron chi connectivity index (χ2n) is 6.91. The van der Waals surface area contributed by atoms with Crippen LogP contribution in [-0.2, 0) is 11.2 Å². The largest absolute Gasteiger partial charge is 0.353 e. The zero-order valence-electron chi connectivity index (χ0n) is 14.6. The highest BCUT2D eigenvalue weighted by Crippen LogP contribution is 2.31. The van der Waals surface area contributed by atoms with Crippen LogP contribution in [0.2, 0.25) is 0 Å². The Hall–Kier alpha value is -2.70. The van der Waals surface area contributed by atoms with Gasteiger partial charge in [-0.1, -0.05) is 23.4 Å². The van der Waals surface area contributed by atoms with E-state index < -0.39 is 0 Å². The van der Waals surface area contributed by atoms with E-state index in [1.807, 2.05) is 35.2 Å². The van der Waals surface area contributed by atoms with E-state index in [0.717, 1.165) is 25.7 Å². The molecule has 0 spiro atoms. The highest BCUT2D eigenvalue weighted by atomic mass is 16.5. The minimum Gasteiger partial charge on any atom is -0.353 e. The summed E-state index contributed by atoms with van der Waals surface area (Å²) in [6.07, 6.45) is 4.64. The van der Waals surface area contributed by atoms with Crippen LogP contribution in [0.25, 0.3) is 0 Å². The van der Waals surface area contributed by atoms with Gasteiger partial charge < -0.3 is 14.7 Å². The van der Waals surface area contributed by atoms with E-state index in [1.54, 1.807) is 0 Å². The van der Waals surface area contributed by atoms with E-state index in [-0.39, 0.29) is 17.9 Å². The summed E-state index contributed by atoms with van der Waals surface area (Å²) >= 11 is 0. The van der Waals surface area contributed by atoms with Gasteiger partial charge in [-0.25, -0.2) is 0 Å². The molecule has 1 aliphatic carbocycles. The molecule has 0 bridgehead atoms. The van der Waals surface area contributed by atoms with Gasteiger partial charge in [0.05, 0.1) is 6.04 Å². The zero-order chi connectivity index (χ0) is 17.9. The average Bonchev–Trinajstić information content (AvgIpc) is 3.15. The van der Waals surface area contributed by atoms with Crippen molar-refractivity contribution in [2.45, 2.75) is 50.6 Å². The number of amides is 2. The van der Waals surface area contributed by atoms with Crippen molar-refractivity contribution in [2.75, 3.05) is 6.54 Å². The minimum absolute atomic E-state index is 0.0109. The third-order valence-electron chi connectivity index (χ3n) is 4.82. The number of nitrogens with zero attached hydrogens (tertiary/aromatic N) is 3. The summed E-state index contributed by atoms with van der Waals surface area (Å²) in [6.45, 7) is 0.687. The summed E-state index contributed by atoms with van der Waals surface area (Å²) in [5.74, 6) is 0.992. The minimum atomic E-state index is -0.166. The smallest absolute Gasteiger partial charge is 0.254 e. The Morgan fingerprint density at radius 1 is 1.19 bits per heavy atom. The van der Waals surface area contributed by atoms with Gasteiger partial charge in [0.25, 0.3) is 5.91 Å². The Labute approximate surface area is 151 Å². The molecule has 1 atom stereocenters. The monoisotopic (exact) mass is 354 g/mol. The van der Waals surface area contributed by atoms with Crippen LogP contribution in [-0.4, -0.2) is 39.4 Å². The highest BCUT2D eigenvalue weighted by molar-refractivity contribution is 5.94. The molecule has 1 aromatic heterocycles. The molecule has 136 valence electrons. The molecule has 2 amide bonds. The van der Waals surface area contributed by atoms with Gasteiger partial charge in [0, 0.05) is 31.0 Å². The molecule has 7 nitrogen and oxygen atoms in total. The van der Waals surface area contributed by atoms with E-state index in [4.69, 9.17) is 4.52 Å². The standard InChI is InChI=1S/C19H22N4O3/c24-16(20-14-8-9-14)10-11-17-21-18(22-26-17)15-7-4-12-23(15)19(25)13-5-2-1-3-6-13/h1-3,5-6,14-15H,4,7-12H2,(H,20,24). The molecule has 1 saturated carbocycles. The number of likely N-dealkylation sites (tertiary alicyclic amines) is 1. The second-order valence-corrected chi connectivity index (χ2v) is 6.91. The van der Waals surface area contributed by atoms with Crippen molar-refractivity contribution in [1.82, 2.24) is 20.4 Å². The molecule has 2 aromatic rings. The van der Waals surface area contributed by atoms with Crippen LogP contribution >= 0.6 is 0 Å². The Bertz CT molecular complexity index is 785. The van der Waals surface area contributed by atoms with Gasteiger partial charge in [-0.2, -0.15) is 4.98 Å². The van der Waals surface area contributed by atoms with Gasteiger partial charge in [-0.15, -0.1) is 0 Å². The van der Waals surface area contributed by atoms with E-state index in [2.05, 4.69) is 15.5 Å². The van der Waals surface area contributed by atoms with Crippen LogP contribution < -0.4 is 5.32 Å². The lowest BCUT2D eigenvalue weighted by atomic mass is 10.1. The Kier molecular flexibility index (Phi) is 4.69. The third-order valence-corrected chi connectivity index (χ3v) is 4.82. The van der Waals surface area contributed by atoms with Crippen molar-refractivity contribution < 1.29 is 14.1 Å². The molecule has 1 aromatic carbocycles. The highest BCUT2D eigenvalue weighted by Gasteiger charge is 2.34. The molecular formula is C19H22N4O3. The maximum Gasteiger partial charge on any atom is 0.254 e. The van der Waals surface area contributed by atoms with Gasteiger partial charge >= 0.3 is 0 Å². The number of carbonyl (C=O) groups excluding carboxylic acids is 2. The molecule has 2 fully saturated rings. The molecule has 4 rings (SSSR count). The first-order valence-electron chi connectivity index (χ1n) is 9.18. The first-order chi connectivity index (χ1) is 12.7. The molecule has 1 saturated heterocycles. The summed E-state index contributed by atoms with van der Waals surface area (Å²) in [7, 11) is 0. The number of aromatic nitrogens is 2. The van der Waals surface area contributed by atoms with Gasteiger partial charge in [0.2, 0.25) is 11.8 Å². The molecule has 2 aliphatic rings. The topological polar surface area (TPSA) is 88.3 Å². The van der Waals surface area contributed by atoms with Crippen molar-refractivity contribution in [3.8, 4) is 0 Å². The normalized spacial score (nSPS) is 19.5. The molecule has 1 aliphatic heterocycles. The molecule has 2 heterocycles. The molecule has 7 heteroatoms. The third kappa shape index (κ3) is 3.76.